The maximum Gasteiger partial charge on any atom is 0.302 e. The van der Waals surface area contributed by atoms with E-state index in [1.54, 1.807) is 0 Å². The lowest BCUT2D eigenvalue weighted by Gasteiger charge is -2.58. The van der Waals surface area contributed by atoms with Crippen molar-refractivity contribution in [3.8, 4) is 12.3 Å². The molecule has 3 nitrogen and oxygen atoms in total. The molecule has 0 aromatic carbocycles. The number of carbonyl (C=O) groups excluding carboxylic acids is 1. The molecule has 0 spiro atoms. The second kappa shape index (κ2) is 5.86. The fourth-order valence-corrected chi connectivity index (χ4v) is 7.22. The first kappa shape index (κ1) is 18.1. The molecular formula is C23H32O3. The summed E-state index contributed by atoms with van der Waals surface area (Å²) >= 11 is 0. The van der Waals surface area contributed by atoms with Gasteiger partial charge in [-0.1, -0.05) is 31.4 Å². The molecule has 0 aliphatic heterocycles. The van der Waals surface area contributed by atoms with Gasteiger partial charge in [0, 0.05) is 18.8 Å². The number of aliphatic hydroxyl groups is 1. The molecule has 3 heteroatoms. The third-order valence-corrected chi connectivity index (χ3v) is 8.78. The number of hydrogen-bond acceptors (Lipinski definition) is 3. The lowest BCUT2D eigenvalue weighted by atomic mass is 9.47. The molecule has 0 amide bonds. The smallest absolute Gasteiger partial charge is 0.302 e. The molecule has 0 heterocycles. The molecular weight excluding hydrogens is 324 g/mol. The Hall–Kier alpha value is -1.27. The number of fused-ring (bicyclic) bond motifs is 5. The van der Waals surface area contributed by atoms with Crippen molar-refractivity contribution >= 4 is 5.97 Å². The second-order valence-corrected chi connectivity index (χ2v) is 9.73. The summed E-state index contributed by atoms with van der Waals surface area (Å²) in [6.45, 7) is 6.18. The van der Waals surface area contributed by atoms with Crippen LogP contribution in [0, 0.1) is 40.9 Å². The Labute approximate surface area is 157 Å². The largest absolute Gasteiger partial charge is 0.462 e. The van der Waals surface area contributed by atoms with Crippen LogP contribution in [-0.2, 0) is 9.53 Å². The molecule has 0 aromatic rings. The van der Waals surface area contributed by atoms with Gasteiger partial charge in [-0.2, -0.15) is 0 Å². The molecule has 3 fully saturated rings. The highest BCUT2D eigenvalue weighted by Gasteiger charge is 2.63. The Morgan fingerprint density at radius 3 is 2.65 bits per heavy atom. The Morgan fingerprint density at radius 2 is 1.96 bits per heavy atom. The summed E-state index contributed by atoms with van der Waals surface area (Å²) in [5.41, 5.74) is 0.655. The topological polar surface area (TPSA) is 46.5 Å². The van der Waals surface area contributed by atoms with Crippen molar-refractivity contribution in [1.82, 2.24) is 0 Å². The summed E-state index contributed by atoms with van der Waals surface area (Å²) in [6.07, 6.45) is 16.3. The van der Waals surface area contributed by atoms with Gasteiger partial charge < -0.3 is 9.84 Å². The summed E-state index contributed by atoms with van der Waals surface area (Å²) in [6, 6.07) is 0. The zero-order valence-corrected chi connectivity index (χ0v) is 16.4. The van der Waals surface area contributed by atoms with Crippen molar-refractivity contribution in [2.24, 2.45) is 28.6 Å². The SMILES string of the molecule is C#C[C@]1(O)CC[C@@H]2[C@@H]3CC=C4C[C@@H](OC(C)=O)CC[C@]4(C)[C@H]3CC[C@@]21C. The van der Waals surface area contributed by atoms with Crippen LogP contribution < -0.4 is 0 Å². The maximum absolute atomic E-state index is 11.3. The van der Waals surface area contributed by atoms with E-state index in [2.05, 4.69) is 25.8 Å². The standard InChI is InChI=1S/C23H32O3/c1-5-23(25)13-10-20-18-7-6-16-14-17(26-15(2)24)8-11-21(16,3)19(18)9-12-22(20,23)4/h1,6,17-20,25H,7-14H2,2-4H3/t17-,18+,19-,20+,21-,22-,23-/m0/s1. The lowest BCUT2D eigenvalue weighted by molar-refractivity contribution is -0.149. The number of rotatable bonds is 1. The predicted octanol–water partition coefficient (Wildman–Crippen LogP) is 4.25. The van der Waals surface area contributed by atoms with E-state index in [0.29, 0.717) is 17.8 Å². The van der Waals surface area contributed by atoms with Gasteiger partial charge >= 0.3 is 5.97 Å². The maximum atomic E-state index is 11.3. The van der Waals surface area contributed by atoms with Crippen molar-refractivity contribution in [1.29, 1.82) is 0 Å². The van der Waals surface area contributed by atoms with Crippen molar-refractivity contribution in [2.75, 3.05) is 0 Å². The minimum absolute atomic E-state index is 0.0512. The zero-order chi connectivity index (χ0) is 18.7. The fraction of sp³-hybridized carbons (Fsp3) is 0.783. The van der Waals surface area contributed by atoms with Gasteiger partial charge in [0.15, 0.2) is 0 Å². The zero-order valence-electron chi connectivity index (χ0n) is 16.4. The van der Waals surface area contributed by atoms with Crippen LogP contribution in [0.4, 0.5) is 0 Å². The summed E-state index contributed by atoms with van der Waals surface area (Å²) in [5.74, 6) is 4.39. The monoisotopic (exact) mass is 356 g/mol. The molecule has 26 heavy (non-hydrogen) atoms. The molecule has 0 radical (unpaired) electrons. The molecule has 1 N–H and O–H groups in total. The third-order valence-electron chi connectivity index (χ3n) is 8.78. The number of allylic oxidation sites excluding steroid dienone is 1. The minimum atomic E-state index is -0.930. The van der Waals surface area contributed by atoms with E-state index in [1.807, 2.05) is 0 Å². The van der Waals surface area contributed by atoms with Crippen molar-refractivity contribution < 1.29 is 14.6 Å². The van der Waals surface area contributed by atoms with Crippen LogP contribution in [-0.4, -0.2) is 22.8 Å². The first-order valence-electron chi connectivity index (χ1n) is 10.3. The molecule has 7 atom stereocenters. The van der Waals surface area contributed by atoms with E-state index in [4.69, 9.17) is 11.2 Å². The van der Waals surface area contributed by atoms with Crippen LogP contribution >= 0.6 is 0 Å². The van der Waals surface area contributed by atoms with Gasteiger partial charge in [0.2, 0.25) is 0 Å². The highest BCUT2D eigenvalue weighted by atomic mass is 16.5. The normalized spacial score (nSPS) is 49.9. The number of hydrogen-bond donors (Lipinski definition) is 1. The van der Waals surface area contributed by atoms with Gasteiger partial charge in [-0.05, 0) is 68.1 Å². The Morgan fingerprint density at radius 1 is 1.23 bits per heavy atom. The average molecular weight is 357 g/mol. The molecule has 0 bridgehead atoms. The Kier molecular flexibility index (Phi) is 4.08. The molecule has 4 aliphatic rings. The van der Waals surface area contributed by atoms with Crippen LogP contribution in [0.2, 0.25) is 0 Å². The Bertz CT molecular complexity index is 688. The van der Waals surface area contributed by atoms with Crippen molar-refractivity contribution in [2.45, 2.75) is 83.8 Å². The van der Waals surface area contributed by atoms with Crippen molar-refractivity contribution in [3.63, 3.8) is 0 Å². The van der Waals surface area contributed by atoms with Crippen LogP contribution in [0.15, 0.2) is 11.6 Å². The van der Waals surface area contributed by atoms with E-state index in [1.165, 1.54) is 12.5 Å². The minimum Gasteiger partial charge on any atom is -0.462 e. The molecule has 4 aliphatic carbocycles. The number of terminal acetylenes is 1. The molecule has 4 rings (SSSR count). The van der Waals surface area contributed by atoms with Gasteiger partial charge in [0.05, 0.1) is 0 Å². The number of ether oxygens (including phenoxy) is 1. The summed E-state index contributed by atoms with van der Waals surface area (Å²) in [4.78, 5) is 11.3. The highest BCUT2D eigenvalue weighted by molar-refractivity contribution is 5.66. The first-order valence-corrected chi connectivity index (χ1v) is 10.3. The Balaban J connectivity index is 1.61. The molecule has 0 saturated heterocycles. The van der Waals surface area contributed by atoms with Crippen LogP contribution in [0.25, 0.3) is 0 Å². The molecule has 0 unspecified atom stereocenters. The van der Waals surface area contributed by atoms with Crippen LogP contribution in [0.3, 0.4) is 0 Å². The average Bonchev–Trinajstić information content (AvgIpc) is 2.87. The van der Waals surface area contributed by atoms with Crippen molar-refractivity contribution in [3.05, 3.63) is 11.6 Å². The fourth-order valence-electron chi connectivity index (χ4n) is 7.22. The quantitative estimate of drug-likeness (QED) is 0.434. The van der Waals surface area contributed by atoms with Gasteiger partial charge in [-0.25, -0.2) is 0 Å². The van der Waals surface area contributed by atoms with Gasteiger partial charge in [-0.15, -0.1) is 6.42 Å². The molecule has 0 aromatic heterocycles. The number of esters is 1. The highest BCUT2D eigenvalue weighted by Crippen LogP contribution is 2.67. The van der Waals surface area contributed by atoms with E-state index in [-0.39, 0.29) is 22.9 Å². The predicted molar refractivity (Wildman–Crippen MR) is 101 cm³/mol. The van der Waals surface area contributed by atoms with Gasteiger partial charge in [0.25, 0.3) is 0 Å². The van der Waals surface area contributed by atoms with Gasteiger partial charge in [-0.3, -0.25) is 4.79 Å². The van der Waals surface area contributed by atoms with Crippen LogP contribution in [0.5, 0.6) is 0 Å². The van der Waals surface area contributed by atoms with Gasteiger partial charge in [0.1, 0.15) is 11.7 Å². The lowest BCUT2D eigenvalue weighted by Crippen LogP contribution is -2.54. The number of carbonyl (C=O) groups is 1. The summed E-state index contributed by atoms with van der Waals surface area (Å²) < 4.78 is 5.51. The van der Waals surface area contributed by atoms with E-state index in [0.717, 1.165) is 51.4 Å². The van der Waals surface area contributed by atoms with Crippen LogP contribution in [0.1, 0.15) is 72.1 Å². The first-order chi connectivity index (χ1) is 12.2. The molecule has 142 valence electrons. The molecule has 3 saturated carbocycles. The van der Waals surface area contributed by atoms with E-state index in [9.17, 15) is 9.90 Å². The van der Waals surface area contributed by atoms with E-state index < -0.39 is 5.60 Å². The van der Waals surface area contributed by atoms with E-state index >= 15 is 0 Å². The summed E-state index contributed by atoms with van der Waals surface area (Å²) in [5, 5.41) is 11.1. The summed E-state index contributed by atoms with van der Waals surface area (Å²) in [7, 11) is 0. The second-order valence-electron chi connectivity index (χ2n) is 9.73. The third kappa shape index (κ3) is 2.34.